The van der Waals surface area contributed by atoms with E-state index in [1.807, 2.05) is 24.8 Å². The van der Waals surface area contributed by atoms with Crippen LogP contribution in [-0.2, 0) is 11.3 Å². The molecule has 1 aromatic rings. The van der Waals surface area contributed by atoms with Crippen LogP contribution in [0.4, 0.5) is 0 Å². The number of hydrogen-bond acceptors (Lipinski definition) is 3. The van der Waals surface area contributed by atoms with E-state index in [-0.39, 0.29) is 23.9 Å². The molecule has 4 nitrogen and oxygen atoms in total. The number of amides is 1. The van der Waals surface area contributed by atoms with Gasteiger partial charge >= 0.3 is 0 Å². The van der Waals surface area contributed by atoms with Gasteiger partial charge in [0.15, 0.2) is 0 Å². The average molecular weight is 317 g/mol. The van der Waals surface area contributed by atoms with Gasteiger partial charge in [0.1, 0.15) is 0 Å². The van der Waals surface area contributed by atoms with Crippen molar-refractivity contribution in [3.63, 3.8) is 0 Å². The van der Waals surface area contributed by atoms with Crippen molar-refractivity contribution in [3.05, 3.63) is 35.9 Å². The normalized spacial score (nSPS) is 20.1. The molecule has 1 amide bonds. The Morgan fingerprint density at radius 2 is 2.00 bits per heavy atom. The first-order chi connectivity index (χ1) is 11.0. The molecule has 0 saturated carbocycles. The van der Waals surface area contributed by atoms with Crippen molar-refractivity contribution in [2.45, 2.75) is 51.7 Å². The Labute approximate surface area is 140 Å². The summed E-state index contributed by atoms with van der Waals surface area (Å²) in [5.74, 6) is 0.310. The molecule has 0 radical (unpaired) electrons. The summed E-state index contributed by atoms with van der Waals surface area (Å²) < 4.78 is 0. The molecule has 2 atom stereocenters. The summed E-state index contributed by atoms with van der Waals surface area (Å²) in [7, 11) is 2.13. The Morgan fingerprint density at radius 3 is 2.65 bits per heavy atom. The second-order valence-corrected chi connectivity index (χ2v) is 7.13. The molecule has 4 heteroatoms. The van der Waals surface area contributed by atoms with Gasteiger partial charge in [-0.1, -0.05) is 44.2 Å². The molecule has 1 aliphatic heterocycles. The van der Waals surface area contributed by atoms with Gasteiger partial charge in [-0.15, -0.1) is 0 Å². The lowest BCUT2D eigenvalue weighted by molar-refractivity contribution is -0.137. The van der Waals surface area contributed by atoms with E-state index in [2.05, 4.69) is 36.2 Å². The van der Waals surface area contributed by atoms with Crippen LogP contribution in [0.15, 0.2) is 30.3 Å². The predicted molar refractivity (Wildman–Crippen MR) is 94.9 cm³/mol. The summed E-state index contributed by atoms with van der Waals surface area (Å²) in [6, 6.07) is 10.4. The number of piperidine rings is 1. The fraction of sp³-hybridized carbons (Fsp3) is 0.632. The number of nitrogens with two attached hydrogens (primary N) is 1. The Morgan fingerprint density at radius 1 is 1.30 bits per heavy atom. The number of likely N-dealkylation sites (tertiary alicyclic amines) is 1. The van der Waals surface area contributed by atoms with Crippen LogP contribution in [0.2, 0.25) is 0 Å². The van der Waals surface area contributed by atoms with E-state index in [1.54, 1.807) is 0 Å². The van der Waals surface area contributed by atoms with Crippen molar-refractivity contribution in [2.75, 3.05) is 20.1 Å². The molecule has 1 aromatic carbocycles. The minimum atomic E-state index is -0.380. The first kappa shape index (κ1) is 18.0. The number of nitrogens with zero attached hydrogens (tertiary/aromatic N) is 2. The molecule has 1 saturated heterocycles. The van der Waals surface area contributed by atoms with Gasteiger partial charge in [0.25, 0.3) is 0 Å². The van der Waals surface area contributed by atoms with Gasteiger partial charge in [0.2, 0.25) is 5.91 Å². The van der Waals surface area contributed by atoms with Crippen molar-refractivity contribution in [1.82, 2.24) is 9.80 Å². The van der Waals surface area contributed by atoms with Gasteiger partial charge in [-0.3, -0.25) is 4.79 Å². The summed E-state index contributed by atoms with van der Waals surface area (Å²) in [4.78, 5) is 17.0. The van der Waals surface area contributed by atoms with Gasteiger partial charge in [-0.25, -0.2) is 0 Å². The third-order valence-electron chi connectivity index (χ3n) is 4.73. The largest absolute Gasteiger partial charge is 0.337 e. The van der Waals surface area contributed by atoms with Crippen molar-refractivity contribution >= 4 is 5.91 Å². The minimum absolute atomic E-state index is 0.123. The SMILES string of the molecule is CC(C)[C@H](N)C(=O)N1CCCC[C@H]1CN(C)Cc1ccccc1. The molecule has 1 aliphatic rings. The molecular weight excluding hydrogens is 286 g/mol. The molecule has 23 heavy (non-hydrogen) atoms. The molecule has 0 unspecified atom stereocenters. The number of hydrogen-bond donors (Lipinski definition) is 1. The lowest BCUT2D eigenvalue weighted by Crippen LogP contribution is -2.55. The third-order valence-corrected chi connectivity index (χ3v) is 4.73. The molecule has 2 N–H and O–H groups in total. The predicted octanol–water partition coefficient (Wildman–Crippen LogP) is 2.48. The highest BCUT2D eigenvalue weighted by Crippen LogP contribution is 2.20. The van der Waals surface area contributed by atoms with E-state index >= 15 is 0 Å². The number of rotatable bonds is 6. The maximum Gasteiger partial charge on any atom is 0.240 e. The standard InChI is InChI=1S/C19H31N3O/c1-15(2)18(20)19(23)22-12-8-7-11-17(22)14-21(3)13-16-9-5-4-6-10-16/h4-6,9-10,15,17-18H,7-8,11-14,20H2,1-3H3/t17-,18-/m0/s1. The topological polar surface area (TPSA) is 49.6 Å². The second kappa shape index (κ2) is 8.46. The van der Waals surface area contributed by atoms with Crippen LogP contribution < -0.4 is 5.73 Å². The smallest absolute Gasteiger partial charge is 0.240 e. The highest BCUT2D eigenvalue weighted by atomic mass is 16.2. The molecule has 0 aromatic heterocycles. The summed E-state index contributed by atoms with van der Waals surface area (Å²) in [5.41, 5.74) is 7.41. The number of carbonyl (C=O) groups excluding carboxylic acids is 1. The Bertz CT molecular complexity index is 489. The maximum absolute atomic E-state index is 12.7. The lowest BCUT2D eigenvalue weighted by atomic mass is 9.97. The first-order valence-electron chi connectivity index (χ1n) is 8.77. The molecule has 128 valence electrons. The summed E-state index contributed by atoms with van der Waals surface area (Å²) in [6.45, 7) is 6.70. The molecule has 0 bridgehead atoms. The van der Waals surface area contributed by atoms with Gasteiger partial charge in [-0.05, 0) is 37.8 Å². The fourth-order valence-electron chi connectivity index (χ4n) is 3.28. The van der Waals surface area contributed by atoms with Crippen LogP contribution in [-0.4, -0.2) is 47.9 Å². The molecule has 0 spiro atoms. The quantitative estimate of drug-likeness (QED) is 0.877. The van der Waals surface area contributed by atoms with Crippen LogP contribution in [0.5, 0.6) is 0 Å². The van der Waals surface area contributed by atoms with Crippen molar-refractivity contribution in [2.24, 2.45) is 11.7 Å². The molecule has 2 rings (SSSR count). The highest BCUT2D eigenvalue weighted by Gasteiger charge is 2.31. The van der Waals surface area contributed by atoms with Crippen LogP contribution in [0.25, 0.3) is 0 Å². The summed E-state index contributed by atoms with van der Waals surface area (Å²) >= 11 is 0. The third kappa shape index (κ3) is 5.05. The van der Waals surface area contributed by atoms with Crippen molar-refractivity contribution < 1.29 is 4.79 Å². The van der Waals surface area contributed by atoms with Crippen LogP contribution in [0, 0.1) is 5.92 Å². The first-order valence-corrected chi connectivity index (χ1v) is 8.77. The van der Waals surface area contributed by atoms with E-state index in [9.17, 15) is 4.79 Å². The lowest BCUT2D eigenvalue weighted by Gasteiger charge is -2.39. The van der Waals surface area contributed by atoms with E-state index in [0.29, 0.717) is 0 Å². The number of carbonyl (C=O) groups is 1. The van der Waals surface area contributed by atoms with Crippen LogP contribution in [0.1, 0.15) is 38.7 Å². The summed E-state index contributed by atoms with van der Waals surface area (Å²) in [6.07, 6.45) is 3.37. The zero-order chi connectivity index (χ0) is 16.8. The van der Waals surface area contributed by atoms with Crippen LogP contribution >= 0.6 is 0 Å². The monoisotopic (exact) mass is 317 g/mol. The number of likely N-dealkylation sites (N-methyl/N-ethyl adjacent to an activating group) is 1. The molecule has 0 aliphatic carbocycles. The number of benzene rings is 1. The molecule has 1 heterocycles. The average Bonchev–Trinajstić information content (AvgIpc) is 2.54. The second-order valence-electron chi connectivity index (χ2n) is 7.13. The van der Waals surface area contributed by atoms with E-state index in [0.717, 1.165) is 32.5 Å². The van der Waals surface area contributed by atoms with Crippen molar-refractivity contribution in [1.29, 1.82) is 0 Å². The zero-order valence-electron chi connectivity index (χ0n) is 14.7. The Hall–Kier alpha value is -1.39. The zero-order valence-corrected chi connectivity index (χ0v) is 14.7. The van der Waals surface area contributed by atoms with E-state index in [4.69, 9.17) is 5.73 Å². The van der Waals surface area contributed by atoms with Crippen molar-refractivity contribution in [3.8, 4) is 0 Å². The highest BCUT2D eigenvalue weighted by molar-refractivity contribution is 5.82. The minimum Gasteiger partial charge on any atom is -0.337 e. The Kier molecular flexibility index (Phi) is 6.60. The summed E-state index contributed by atoms with van der Waals surface area (Å²) in [5, 5.41) is 0. The van der Waals surface area contributed by atoms with E-state index in [1.165, 1.54) is 12.0 Å². The molecule has 1 fully saturated rings. The van der Waals surface area contributed by atoms with E-state index < -0.39 is 0 Å². The van der Waals surface area contributed by atoms with Gasteiger partial charge in [0, 0.05) is 25.7 Å². The Balaban J connectivity index is 1.96. The van der Waals surface area contributed by atoms with Gasteiger partial charge in [0.05, 0.1) is 6.04 Å². The van der Waals surface area contributed by atoms with Gasteiger partial charge < -0.3 is 15.5 Å². The van der Waals surface area contributed by atoms with Gasteiger partial charge in [-0.2, -0.15) is 0 Å². The fourth-order valence-corrected chi connectivity index (χ4v) is 3.28. The maximum atomic E-state index is 12.7. The molecular formula is C19H31N3O. The van der Waals surface area contributed by atoms with Crippen LogP contribution in [0.3, 0.4) is 0 Å².